The Labute approximate surface area is 114 Å². The van der Waals surface area contributed by atoms with Crippen LogP contribution in [0.5, 0.6) is 0 Å². The maximum Gasteiger partial charge on any atom is 0.194 e. The molecular formula is C16H21FO2. The Morgan fingerprint density at radius 3 is 2.53 bits per heavy atom. The van der Waals surface area contributed by atoms with E-state index in [9.17, 15) is 9.18 Å². The largest absolute Gasteiger partial charge is 0.370 e. The average molecular weight is 264 g/mol. The smallest absolute Gasteiger partial charge is 0.194 e. The number of aryl methyl sites for hydroxylation is 1. The molecule has 0 radical (unpaired) electrons. The van der Waals surface area contributed by atoms with Crippen molar-refractivity contribution in [1.82, 2.24) is 0 Å². The van der Waals surface area contributed by atoms with Gasteiger partial charge >= 0.3 is 0 Å². The zero-order valence-corrected chi connectivity index (χ0v) is 11.8. The number of benzene rings is 1. The van der Waals surface area contributed by atoms with E-state index in [0.29, 0.717) is 17.0 Å². The van der Waals surface area contributed by atoms with Crippen LogP contribution in [0.3, 0.4) is 0 Å². The molecule has 1 aromatic carbocycles. The number of hydrogen-bond acceptors (Lipinski definition) is 2. The van der Waals surface area contributed by atoms with Gasteiger partial charge in [0.05, 0.1) is 0 Å². The molecule has 0 saturated heterocycles. The highest BCUT2D eigenvalue weighted by atomic mass is 19.1. The molecular weight excluding hydrogens is 243 g/mol. The summed E-state index contributed by atoms with van der Waals surface area (Å²) in [5, 5.41) is 0. The highest BCUT2D eigenvalue weighted by Gasteiger charge is 2.41. The average Bonchev–Trinajstić information content (AvgIpc) is 2.42. The van der Waals surface area contributed by atoms with Gasteiger partial charge in [-0.15, -0.1) is 0 Å². The Morgan fingerprint density at radius 2 is 2.00 bits per heavy atom. The number of rotatable bonds is 3. The van der Waals surface area contributed by atoms with Gasteiger partial charge < -0.3 is 4.74 Å². The third-order valence-electron chi connectivity index (χ3n) is 4.32. The highest BCUT2D eigenvalue weighted by Crippen LogP contribution is 2.36. The van der Waals surface area contributed by atoms with E-state index in [1.165, 1.54) is 6.07 Å². The third-order valence-corrected chi connectivity index (χ3v) is 4.32. The maximum atomic E-state index is 13.6. The van der Waals surface area contributed by atoms with Crippen LogP contribution in [0.2, 0.25) is 0 Å². The van der Waals surface area contributed by atoms with E-state index in [0.717, 1.165) is 25.7 Å². The first-order valence-corrected chi connectivity index (χ1v) is 6.84. The number of ether oxygens (including phenoxy) is 1. The number of hydrogen-bond donors (Lipinski definition) is 0. The molecule has 1 fully saturated rings. The van der Waals surface area contributed by atoms with E-state index in [1.54, 1.807) is 26.2 Å². The number of methoxy groups -OCH3 is 1. The van der Waals surface area contributed by atoms with Crippen LogP contribution in [0, 0.1) is 18.7 Å². The molecule has 0 unspecified atom stereocenters. The molecule has 19 heavy (non-hydrogen) atoms. The van der Waals surface area contributed by atoms with Gasteiger partial charge in [0.15, 0.2) is 5.78 Å². The van der Waals surface area contributed by atoms with Crippen molar-refractivity contribution in [3.63, 3.8) is 0 Å². The lowest BCUT2D eigenvalue weighted by Gasteiger charge is -2.37. The number of carbonyl (C=O) groups is 1. The van der Waals surface area contributed by atoms with Crippen molar-refractivity contribution < 1.29 is 13.9 Å². The van der Waals surface area contributed by atoms with Gasteiger partial charge in [-0.1, -0.05) is 19.1 Å². The molecule has 2 rings (SSSR count). The minimum Gasteiger partial charge on any atom is -0.370 e. The normalized spacial score (nSPS) is 27.3. The summed E-state index contributed by atoms with van der Waals surface area (Å²) in [4.78, 5) is 12.6. The van der Waals surface area contributed by atoms with Gasteiger partial charge in [0, 0.05) is 12.7 Å². The first-order chi connectivity index (χ1) is 8.98. The minimum absolute atomic E-state index is 0.0826. The first kappa shape index (κ1) is 14.2. The van der Waals surface area contributed by atoms with Crippen LogP contribution in [-0.4, -0.2) is 18.5 Å². The van der Waals surface area contributed by atoms with E-state index >= 15 is 0 Å². The summed E-state index contributed by atoms with van der Waals surface area (Å²) in [7, 11) is 1.58. The van der Waals surface area contributed by atoms with Gasteiger partial charge in [0.1, 0.15) is 11.4 Å². The summed E-state index contributed by atoms with van der Waals surface area (Å²) < 4.78 is 19.1. The number of Topliss-reactive ketones (excluding diaryl/α,β-unsaturated/α-hetero) is 1. The Kier molecular flexibility index (Phi) is 4.04. The summed E-state index contributed by atoms with van der Waals surface area (Å²) in [6.45, 7) is 3.88. The van der Waals surface area contributed by atoms with Crippen LogP contribution < -0.4 is 0 Å². The quantitative estimate of drug-likeness (QED) is 0.774. The number of halogens is 1. The topological polar surface area (TPSA) is 26.3 Å². The van der Waals surface area contributed by atoms with Gasteiger partial charge in [-0.25, -0.2) is 4.39 Å². The molecule has 3 heteroatoms. The van der Waals surface area contributed by atoms with Crippen molar-refractivity contribution >= 4 is 5.78 Å². The second-order valence-electron chi connectivity index (χ2n) is 5.67. The van der Waals surface area contributed by atoms with Crippen molar-refractivity contribution in [1.29, 1.82) is 0 Å². The van der Waals surface area contributed by atoms with Crippen LogP contribution in [0.4, 0.5) is 4.39 Å². The van der Waals surface area contributed by atoms with Gasteiger partial charge in [0.25, 0.3) is 0 Å². The Bertz CT molecular complexity index is 474. The molecule has 0 atom stereocenters. The molecule has 0 amide bonds. The molecule has 0 N–H and O–H groups in total. The summed E-state index contributed by atoms with van der Waals surface area (Å²) >= 11 is 0. The Morgan fingerprint density at radius 1 is 1.37 bits per heavy atom. The molecule has 104 valence electrons. The van der Waals surface area contributed by atoms with E-state index < -0.39 is 5.60 Å². The van der Waals surface area contributed by atoms with Gasteiger partial charge in [-0.05, 0) is 50.2 Å². The van der Waals surface area contributed by atoms with Crippen molar-refractivity contribution in [2.75, 3.05) is 7.11 Å². The van der Waals surface area contributed by atoms with Crippen molar-refractivity contribution in [2.45, 2.75) is 45.1 Å². The minimum atomic E-state index is -0.756. The van der Waals surface area contributed by atoms with Crippen LogP contribution in [-0.2, 0) is 4.74 Å². The second kappa shape index (κ2) is 5.41. The molecule has 0 bridgehead atoms. The molecule has 0 aromatic heterocycles. The predicted octanol–water partition coefficient (Wildman–Crippen LogP) is 3.91. The maximum absolute atomic E-state index is 13.6. The molecule has 1 aliphatic rings. The van der Waals surface area contributed by atoms with E-state index in [1.807, 2.05) is 0 Å². The lowest BCUT2D eigenvalue weighted by molar-refractivity contribution is -0.0263. The third kappa shape index (κ3) is 2.71. The summed E-state index contributed by atoms with van der Waals surface area (Å²) in [5.41, 5.74) is 0.216. The fraction of sp³-hybridized carbons (Fsp3) is 0.562. The summed E-state index contributed by atoms with van der Waals surface area (Å²) in [6.07, 6.45) is 3.40. The zero-order valence-electron chi connectivity index (χ0n) is 11.8. The van der Waals surface area contributed by atoms with Crippen molar-refractivity contribution in [3.05, 3.63) is 35.1 Å². The fourth-order valence-corrected chi connectivity index (χ4v) is 2.75. The molecule has 1 aromatic rings. The fourth-order valence-electron chi connectivity index (χ4n) is 2.75. The molecule has 0 spiro atoms. The van der Waals surface area contributed by atoms with E-state index in [2.05, 4.69) is 6.92 Å². The molecule has 1 saturated carbocycles. The zero-order chi connectivity index (χ0) is 14.0. The van der Waals surface area contributed by atoms with Gasteiger partial charge in [-0.2, -0.15) is 0 Å². The monoisotopic (exact) mass is 264 g/mol. The Balaban J connectivity index is 2.28. The summed E-state index contributed by atoms with van der Waals surface area (Å²) in [6, 6.07) is 4.67. The van der Waals surface area contributed by atoms with E-state index in [4.69, 9.17) is 4.74 Å². The molecule has 2 nitrogen and oxygen atoms in total. The second-order valence-corrected chi connectivity index (χ2v) is 5.67. The molecule has 0 aliphatic heterocycles. The van der Waals surface area contributed by atoms with Crippen molar-refractivity contribution in [2.24, 2.45) is 5.92 Å². The van der Waals surface area contributed by atoms with Crippen LogP contribution in [0.25, 0.3) is 0 Å². The van der Waals surface area contributed by atoms with Crippen LogP contribution in [0.15, 0.2) is 18.2 Å². The van der Waals surface area contributed by atoms with Gasteiger partial charge in [0.2, 0.25) is 0 Å². The number of ketones is 1. The first-order valence-electron chi connectivity index (χ1n) is 6.84. The Hall–Kier alpha value is -1.22. The predicted molar refractivity (Wildman–Crippen MR) is 72.8 cm³/mol. The standard InChI is InChI=1S/C16H21FO2/c1-11-6-8-16(19-3,9-7-11)15(18)13-5-4-12(2)14(17)10-13/h4-5,10-11H,6-9H2,1-3H3. The lowest BCUT2D eigenvalue weighted by Crippen LogP contribution is -2.43. The van der Waals surface area contributed by atoms with Gasteiger partial charge in [-0.3, -0.25) is 4.79 Å². The summed E-state index contributed by atoms with van der Waals surface area (Å²) in [5.74, 6) is 0.216. The number of carbonyl (C=O) groups excluding carboxylic acids is 1. The van der Waals surface area contributed by atoms with Crippen molar-refractivity contribution in [3.8, 4) is 0 Å². The van der Waals surface area contributed by atoms with Crippen LogP contribution >= 0.6 is 0 Å². The molecule has 1 aliphatic carbocycles. The molecule has 0 heterocycles. The van der Waals surface area contributed by atoms with E-state index in [-0.39, 0.29) is 11.6 Å². The lowest BCUT2D eigenvalue weighted by atomic mass is 9.75. The highest BCUT2D eigenvalue weighted by molar-refractivity contribution is 6.02. The SMILES string of the molecule is COC1(C(=O)c2ccc(C)c(F)c2)CCC(C)CC1. The van der Waals surface area contributed by atoms with Crippen LogP contribution in [0.1, 0.15) is 48.5 Å².